The topological polar surface area (TPSA) is 244 Å². The zero-order valence-electron chi connectivity index (χ0n) is 35.5. The van der Waals surface area contributed by atoms with Gasteiger partial charge < -0.3 is 36.3 Å². The van der Waals surface area contributed by atoms with Gasteiger partial charge in [0.05, 0.1) is 32.4 Å². The zero-order chi connectivity index (χ0) is 46.1. The maximum Gasteiger partial charge on any atom is 0.267 e. The fraction of sp³-hybridized carbons (Fsp3) is 0.234. The number of aryl methyl sites for hydroxylation is 1. The van der Waals surface area contributed by atoms with Gasteiger partial charge in [-0.2, -0.15) is 10.3 Å². The Balaban J connectivity index is 0.000000270. The van der Waals surface area contributed by atoms with Crippen LogP contribution in [0.15, 0.2) is 114 Å². The summed E-state index contributed by atoms with van der Waals surface area (Å²) in [6.45, 7) is 13.8. The molecule has 1 aliphatic rings. The van der Waals surface area contributed by atoms with Crippen molar-refractivity contribution in [2.75, 3.05) is 25.2 Å². The molecule has 1 aromatic heterocycles. The maximum atomic E-state index is 12.9. The number of ether oxygens (including phenoxy) is 3. The van der Waals surface area contributed by atoms with Crippen LogP contribution >= 0.6 is 0 Å². The summed E-state index contributed by atoms with van der Waals surface area (Å²) in [4.78, 5) is 62.0. The van der Waals surface area contributed by atoms with Gasteiger partial charge in [0.2, 0.25) is 12.0 Å². The highest BCUT2D eigenvalue weighted by Gasteiger charge is 2.35. The van der Waals surface area contributed by atoms with E-state index in [1.165, 1.54) is 19.3 Å². The third kappa shape index (κ3) is 14.7. The van der Waals surface area contributed by atoms with Gasteiger partial charge in [0, 0.05) is 16.7 Å². The number of nitrogens with two attached hydrogens (primary N) is 3. The minimum Gasteiger partial charge on any atom is -0.494 e. The summed E-state index contributed by atoms with van der Waals surface area (Å²) >= 11 is 0. The van der Waals surface area contributed by atoms with Crippen molar-refractivity contribution in [3.63, 3.8) is 0 Å². The lowest BCUT2D eigenvalue weighted by Gasteiger charge is -2.19. The van der Waals surface area contributed by atoms with Crippen LogP contribution in [0.4, 0.5) is 17.2 Å². The smallest absolute Gasteiger partial charge is 0.267 e. The predicted octanol–water partition coefficient (Wildman–Crippen LogP) is 7.81. The van der Waals surface area contributed by atoms with Gasteiger partial charge in [0.15, 0.2) is 5.82 Å². The van der Waals surface area contributed by atoms with Crippen LogP contribution in [0.3, 0.4) is 0 Å². The standard InChI is InChI=1S/C24H24N4O3.C11H14O2.C8H7NO2.C4H4N4/c1-3-4-13-31-17-11-9-16(10-12-17)23-26-21(22(25)30)18-14-20(29)28(24(18)27-23)19-8-6-5-7-15(19)2;1-2-3-8-13-11-6-4-10(9-12)5-7-11;1-11-8-5-3-2-4-7(8)9-6-10;1-8-4(7)3(6)2-5/h5-12H,3-4,13-14H2,1-2H3,(H2,25,30);4-7,9H,2-3,8H2,1H3;2-5H,1H3;6-7H2/b;;;4-3+. The first-order chi connectivity index (χ1) is 30.5. The van der Waals surface area contributed by atoms with Crippen LogP contribution in [0.25, 0.3) is 16.2 Å². The number of unbranched alkanes of at least 4 members (excludes halogenated alkanes) is 2. The first-order valence-corrected chi connectivity index (χ1v) is 19.7. The van der Waals surface area contributed by atoms with Crippen LogP contribution in [0, 0.1) is 24.8 Å². The first-order valence-electron chi connectivity index (χ1n) is 19.7. The molecule has 6 N–H and O–H groups in total. The number of carbonyl (C=O) groups is 3. The monoisotopic (exact) mass is 851 g/mol. The molecular formula is C47H49N9O7. The van der Waals surface area contributed by atoms with Gasteiger partial charge in [0.25, 0.3) is 11.7 Å². The molecule has 0 saturated carbocycles. The molecule has 0 fully saturated rings. The molecule has 0 atom stereocenters. The van der Waals surface area contributed by atoms with E-state index in [1.54, 1.807) is 35.2 Å². The summed E-state index contributed by atoms with van der Waals surface area (Å²) in [5.74, 6) is 1.81. The lowest BCUT2D eigenvalue weighted by atomic mass is 10.1. The Morgan fingerprint density at radius 2 is 1.49 bits per heavy atom. The van der Waals surface area contributed by atoms with Gasteiger partial charge in [0.1, 0.15) is 52.5 Å². The van der Waals surface area contributed by atoms with Crippen molar-refractivity contribution in [3.8, 4) is 34.7 Å². The number of isocyanates is 1. The lowest BCUT2D eigenvalue weighted by Crippen LogP contribution is -2.22. The minimum absolute atomic E-state index is 0.0342. The third-order valence-electron chi connectivity index (χ3n) is 8.79. The fourth-order valence-corrected chi connectivity index (χ4v) is 5.46. The number of nitriles is 1. The van der Waals surface area contributed by atoms with Crippen LogP contribution < -0.4 is 36.3 Å². The van der Waals surface area contributed by atoms with E-state index in [2.05, 4.69) is 33.7 Å². The van der Waals surface area contributed by atoms with E-state index in [9.17, 15) is 19.2 Å². The molecule has 2 heterocycles. The second kappa shape index (κ2) is 26.0. The SMILES string of the molecule is CCCCOc1ccc(-c2nc(C(N)=O)c3c(n2)N(c2ccccc2C)C(=O)C3)cc1.CCCCOc1ccc(C=O)cc1.COc1ccccc1N=C=O.[C-]#[N+]/C(N)=C(/N)C#N. The Morgan fingerprint density at radius 1 is 0.905 bits per heavy atom. The van der Waals surface area contributed by atoms with Gasteiger partial charge in [-0.05, 0) is 92.1 Å². The average Bonchev–Trinajstić information content (AvgIpc) is 3.64. The Labute approximate surface area is 366 Å². The molecule has 6 rings (SSSR count). The number of aliphatic imine (C=N–C) groups is 1. The maximum absolute atomic E-state index is 12.9. The van der Waals surface area contributed by atoms with E-state index in [1.807, 2.05) is 73.7 Å². The summed E-state index contributed by atoms with van der Waals surface area (Å²) in [6, 6.07) is 30.6. The van der Waals surface area contributed by atoms with E-state index in [0.29, 0.717) is 46.4 Å². The number of fused-ring (bicyclic) bond motifs is 1. The van der Waals surface area contributed by atoms with Crippen LogP contribution in [0.1, 0.15) is 71.5 Å². The number of para-hydroxylation sites is 3. The van der Waals surface area contributed by atoms with Crippen molar-refractivity contribution in [1.82, 2.24) is 9.97 Å². The van der Waals surface area contributed by atoms with Crippen molar-refractivity contribution in [1.29, 1.82) is 5.26 Å². The number of carbonyl (C=O) groups excluding carboxylic acids is 4. The molecule has 16 nitrogen and oxygen atoms in total. The molecule has 1 aliphatic heterocycles. The molecule has 16 heteroatoms. The molecule has 0 aliphatic carbocycles. The Hall–Kier alpha value is -8.33. The third-order valence-corrected chi connectivity index (χ3v) is 8.79. The van der Waals surface area contributed by atoms with Gasteiger partial charge >= 0.3 is 0 Å². The summed E-state index contributed by atoms with van der Waals surface area (Å²) in [5.41, 5.74) is 19.3. The van der Waals surface area contributed by atoms with Crippen LogP contribution in [0.5, 0.6) is 17.2 Å². The van der Waals surface area contributed by atoms with E-state index >= 15 is 0 Å². The number of rotatable bonds is 14. The summed E-state index contributed by atoms with van der Waals surface area (Å²) < 4.78 is 16.1. The molecule has 2 amide bonds. The number of hydrogen-bond acceptors (Lipinski definition) is 13. The number of benzene rings is 4. The summed E-state index contributed by atoms with van der Waals surface area (Å²) in [5, 5.41) is 7.98. The van der Waals surface area contributed by atoms with Crippen molar-refractivity contribution in [2.45, 2.75) is 52.9 Å². The van der Waals surface area contributed by atoms with E-state index in [-0.39, 0.29) is 29.5 Å². The van der Waals surface area contributed by atoms with Crippen molar-refractivity contribution in [2.24, 2.45) is 22.2 Å². The highest BCUT2D eigenvalue weighted by Crippen LogP contribution is 2.38. The minimum atomic E-state index is -0.682. The zero-order valence-corrected chi connectivity index (χ0v) is 35.5. The molecular weight excluding hydrogens is 803 g/mol. The number of aldehydes is 1. The van der Waals surface area contributed by atoms with Gasteiger partial charge in [-0.15, -0.1) is 0 Å². The number of aromatic nitrogens is 2. The van der Waals surface area contributed by atoms with E-state index in [4.69, 9.17) is 43.2 Å². The quantitative estimate of drug-likeness (QED) is 0.0242. The van der Waals surface area contributed by atoms with Crippen molar-refractivity contribution in [3.05, 3.63) is 142 Å². The normalized spacial score (nSPS) is 11.1. The molecule has 0 saturated heterocycles. The largest absolute Gasteiger partial charge is 0.494 e. The fourth-order valence-electron chi connectivity index (χ4n) is 5.46. The summed E-state index contributed by atoms with van der Waals surface area (Å²) in [6.07, 6.45) is 6.56. The molecule has 324 valence electrons. The van der Waals surface area contributed by atoms with Gasteiger partial charge in [-0.3, -0.25) is 19.3 Å². The van der Waals surface area contributed by atoms with E-state index in [0.717, 1.165) is 61.3 Å². The van der Waals surface area contributed by atoms with Crippen LogP contribution in [-0.4, -0.2) is 54.5 Å². The predicted molar refractivity (Wildman–Crippen MR) is 239 cm³/mol. The number of amides is 2. The number of hydrogen-bond donors (Lipinski definition) is 3. The second-order valence-corrected chi connectivity index (χ2v) is 13.3. The Bertz CT molecular complexity index is 2470. The average molecular weight is 852 g/mol. The molecule has 4 aromatic carbocycles. The molecule has 0 spiro atoms. The number of allylic oxidation sites excluding steroid dienone is 1. The number of primary amides is 1. The van der Waals surface area contributed by atoms with Crippen LogP contribution in [-0.2, 0) is 16.0 Å². The Kier molecular flexibility index (Phi) is 20.2. The Morgan fingerprint density at radius 3 is 2.00 bits per heavy atom. The van der Waals surface area contributed by atoms with Crippen LogP contribution in [0.2, 0.25) is 0 Å². The van der Waals surface area contributed by atoms with Crippen molar-refractivity contribution >= 4 is 41.4 Å². The van der Waals surface area contributed by atoms with Gasteiger partial charge in [-0.1, -0.05) is 63.6 Å². The first kappa shape index (κ1) is 49.0. The van der Waals surface area contributed by atoms with E-state index < -0.39 is 5.91 Å². The number of methoxy groups -OCH3 is 1. The van der Waals surface area contributed by atoms with Gasteiger partial charge in [-0.25, -0.2) is 14.8 Å². The highest BCUT2D eigenvalue weighted by atomic mass is 16.5. The molecule has 0 radical (unpaired) electrons. The second-order valence-electron chi connectivity index (χ2n) is 13.3. The highest BCUT2D eigenvalue weighted by molar-refractivity contribution is 6.10. The lowest BCUT2D eigenvalue weighted by molar-refractivity contribution is -0.116. The summed E-state index contributed by atoms with van der Waals surface area (Å²) in [7, 11) is 1.53. The number of nitrogens with zero attached hydrogens (tertiary/aromatic N) is 6. The molecule has 0 bridgehead atoms. The molecule has 63 heavy (non-hydrogen) atoms. The molecule has 5 aromatic rings. The number of anilines is 2. The van der Waals surface area contributed by atoms with Crippen molar-refractivity contribution < 1.29 is 33.4 Å². The molecule has 0 unspecified atom stereocenters.